The SMILES string of the molecule is CC(C)OCCN(C)CC(N)=NO. The first-order chi connectivity index (χ1) is 6.06. The first-order valence-electron chi connectivity index (χ1n) is 4.32. The zero-order chi connectivity index (χ0) is 10.3. The predicted octanol–water partition coefficient (Wildman–Crippen LogP) is 0.0896. The van der Waals surface area contributed by atoms with Gasteiger partial charge < -0.3 is 15.7 Å². The van der Waals surface area contributed by atoms with Crippen LogP contribution in [0.1, 0.15) is 13.8 Å². The Labute approximate surface area is 79.2 Å². The maximum absolute atomic E-state index is 8.30. The Kier molecular flexibility index (Phi) is 6.26. The fourth-order valence-corrected chi connectivity index (χ4v) is 0.831. The number of nitrogens with zero attached hydrogens (tertiary/aromatic N) is 2. The quantitative estimate of drug-likeness (QED) is 0.269. The van der Waals surface area contributed by atoms with Gasteiger partial charge in [-0.1, -0.05) is 5.16 Å². The van der Waals surface area contributed by atoms with E-state index >= 15 is 0 Å². The van der Waals surface area contributed by atoms with E-state index in [1.54, 1.807) is 0 Å². The zero-order valence-electron chi connectivity index (χ0n) is 8.53. The number of rotatable bonds is 6. The van der Waals surface area contributed by atoms with Crippen LogP contribution in [0.15, 0.2) is 5.16 Å². The van der Waals surface area contributed by atoms with Crippen LogP contribution < -0.4 is 5.73 Å². The van der Waals surface area contributed by atoms with Gasteiger partial charge in [-0.3, -0.25) is 4.90 Å². The van der Waals surface area contributed by atoms with Crippen LogP contribution in [0.25, 0.3) is 0 Å². The third-order valence-electron chi connectivity index (χ3n) is 1.48. The first kappa shape index (κ1) is 12.2. The standard InChI is InChI=1S/C8H19N3O2/c1-7(2)13-5-4-11(3)6-8(9)10-12/h7,12H,4-6H2,1-3H3,(H2,9,10). The molecule has 5 heteroatoms. The summed E-state index contributed by atoms with van der Waals surface area (Å²) < 4.78 is 5.34. The lowest BCUT2D eigenvalue weighted by atomic mass is 10.4. The fraction of sp³-hybridized carbons (Fsp3) is 0.875. The lowest BCUT2D eigenvalue weighted by Gasteiger charge is -2.16. The Bertz CT molecular complexity index is 159. The number of ether oxygens (including phenoxy) is 1. The van der Waals surface area contributed by atoms with E-state index < -0.39 is 0 Å². The molecule has 0 rings (SSSR count). The highest BCUT2D eigenvalue weighted by molar-refractivity contribution is 5.81. The maximum Gasteiger partial charge on any atom is 0.153 e. The summed E-state index contributed by atoms with van der Waals surface area (Å²) in [5.74, 6) is 0.215. The summed E-state index contributed by atoms with van der Waals surface area (Å²) in [6.45, 7) is 5.87. The number of likely N-dealkylation sites (N-methyl/N-ethyl adjacent to an activating group) is 1. The van der Waals surface area contributed by atoms with Gasteiger partial charge in [0, 0.05) is 6.54 Å². The molecule has 0 aromatic heterocycles. The summed E-state index contributed by atoms with van der Waals surface area (Å²) >= 11 is 0. The van der Waals surface area contributed by atoms with Crippen LogP contribution in [0, 0.1) is 0 Å². The van der Waals surface area contributed by atoms with Crippen LogP contribution in [-0.2, 0) is 4.74 Å². The summed E-state index contributed by atoms with van der Waals surface area (Å²) in [6, 6.07) is 0. The van der Waals surface area contributed by atoms with Crippen molar-refractivity contribution >= 4 is 5.84 Å². The highest BCUT2D eigenvalue weighted by Crippen LogP contribution is 1.89. The van der Waals surface area contributed by atoms with Crippen molar-refractivity contribution in [3.05, 3.63) is 0 Å². The van der Waals surface area contributed by atoms with E-state index in [4.69, 9.17) is 15.7 Å². The number of oxime groups is 1. The van der Waals surface area contributed by atoms with Gasteiger partial charge in [-0.25, -0.2) is 0 Å². The molecule has 0 aliphatic rings. The van der Waals surface area contributed by atoms with E-state index in [-0.39, 0.29) is 11.9 Å². The van der Waals surface area contributed by atoms with Crippen molar-refractivity contribution in [2.24, 2.45) is 10.9 Å². The van der Waals surface area contributed by atoms with Crippen LogP contribution in [0.5, 0.6) is 0 Å². The molecule has 0 aliphatic carbocycles. The minimum absolute atomic E-state index is 0.215. The molecule has 3 N–H and O–H groups in total. The molecule has 0 spiro atoms. The highest BCUT2D eigenvalue weighted by Gasteiger charge is 2.01. The average molecular weight is 189 g/mol. The Morgan fingerprint density at radius 2 is 2.23 bits per heavy atom. The van der Waals surface area contributed by atoms with Gasteiger partial charge in [-0.05, 0) is 20.9 Å². The van der Waals surface area contributed by atoms with Crippen molar-refractivity contribution in [1.29, 1.82) is 0 Å². The smallest absolute Gasteiger partial charge is 0.153 e. The van der Waals surface area contributed by atoms with Crippen molar-refractivity contribution in [3.8, 4) is 0 Å². The monoisotopic (exact) mass is 189 g/mol. The van der Waals surface area contributed by atoms with Crippen molar-refractivity contribution in [3.63, 3.8) is 0 Å². The Morgan fingerprint density at radius 1 is 1.62 bits per heavy atom. The van der Waals surface area contributed by atoms with E-state index in [1.807, 2.05) is 25.8 Å². The first-order valence-corrected chi connectivity index (χ1v) is 4.32. The minimum atomic E-state index is 0.215. The van der Waals surface area contributed by atoms with E-state index in [0.717, 1.165) is 6.54 Å². The second kappa shape index (κ2) is 6.68. The third kappa shape index (κ3) is 7.55. The van der Waals surface area contributed by atoms with Crippen LogP contribution in [0.3, 0.4) is 0 Å². The lowest BCUT2D eigenvalue weighted by Crippen LogP contribution is -2.33. The number of hydrogen-bond acceptors (Lipinski definition) is 4. The van der Waals surface area contributed by atoms with E-state index in [9.17, 15) is 0 Å². The molecule has 78 valence electrons. The van der Waals surface area contributed by atoms with Gasteiger partial charge in [0.05, 0.1) is 19.3 Å². The molecule has 0 heterocycles. The molecule has 5 nitrogen and oxygen atoms in total. The predicted molar refractivity (Wildman–Crippen MR) is 52.0 cm³/mol. The van der Waals surface area contributed by atoms with Gasteiger partial charge in [-0.2, -0.15) is 0 Å². The summed E-state index contributed by atoms with van der Waals surface area (Å²) in [5, 5.41) is 11.2. The highest BCUT2D eigenvalue weighted by atomic mass is 16.5. The molecule has 0 saturated carbocycles. The van der Waals surface area contributed by atoms with Crippen LogP contribution in [0.2, 0.25) is 0 Å². The maximum atomic E-state index is 8.30. The Hall–Kier alpha value is -0.810. The molecule has 0 amide bonds. The number of hydrogen-bond donors (Lipinski definition) is 2. The van der Waals surface area contributed by atoms with Crippen LogP contribution >= 0.6 is 0 Å². The summed E-state index contributed by atoms with van der Waals surface area (Å²) in [4.78, 5) is 1.93. The zero-order valence-corrected chi connectivity index (χ0v) is 8.53. The van der Waals surface area contributed by atoms with Gasteiger partial charge in [0.25, 0.3) is 0 Å². The van der Waals surface area contributed by atoms with Crippen molar-refractivity contribution in [2.45, 2.75) is 20.0 Å². The van der Waals surface area contributed by atoms with Crippen molar-refractivity contribution in [2.75, 3.05) is 26.7 Å². The van der Waals surface area contributed by atoms with Crippen LogP contribution in [-0.4, -0.2) is 48.8 Å². The molecule has 0 radical (unpaired) electrons. The molecule has 0 fully saturated rings. The van der Waals surface area contributed by atoms with Gasteiger partial charge >= 0.3 is 0 Å². The van der Waals surface area contributed by atoms with E-state index in [1.165, 1.54) is 0 Å². The minimum Gasteiger partial charge on any atom is -0.409 e. The molecule has 13 heavy (non-hydrogen) atoms. The molecule has 0 aromatic carbocycles. The Balaban J connectivity index is 3.46. The normalized spacial score (nSPS) is 12.8. The van der Waals surface area contributed by atoms with Gasteiger partial charge in [0.2, 0.25) is 0 Å². The van der Waals surface area contributed by atoms with Crippen molar-refractivity contribution in [1.82, 2.24) is 4.90 Å². The largest absolute Gasteiger partial charge is 0.409 e. The second-order valence-electron chi connectivity index (χ2n) is 3.25. The topological polar surface area (TPSA) is 71.1 Å². The summed E-state index contributed by atoms with van der Waals surface area (Å²) in [6.07, 6.45) is 0.247. The van der Waals surface area contributed by atoms with Crippen LogP contribution in [0.4, 0.5) is 0 Å². The van der Waals surface area contributed by atoms with E-state index in [0.29, 0.717) is 13.2 Å². The lowest BCUT2D eigenvalue weighted by molar-refractivity contribution is 0.0661. The van der Waals surface area contributed by atoms with Gasteiger partial charge in [0.15, 0.2) is 5.84 Å². The molecule has 0 atom stereocenters. The molecule has 0 unspecified atom stereocenters. The van der Waals surface area contributed by atoms with Gasteiger partial charge in [0.1, 0.15) is 0 Å². The Morgan fingerprint density at radius 3 is 2.69 bits per heavy atom. The van der Waals surface area contributed by atoms with Gasteiger partial charge in [-0.15, -0.1) is 0 Å². The summed E-state index contributed by atoms with van der Waals surface area (Å²) in [5.41, 5.74) is 5.32. The number of nitrogens with two attached hydrogens (primary N) is 1. The molecule has 0 bridgehead atoms. The summed E-state index contributed by atoms with van der Waals surface area (Å²) in [7, 11) is 1.89. The van der Waals surface area contributed by atoms with Crippen molar-refractivity contribution < 1.29 is 9.94 Å². The average Bonchev–Trinajstić information content (AvgIpc) is 2.03. The third-order valence-corrected chi connectivity index (χ3v) is 1.48. The fourth-order valence-electron chi connectivity index (χ4n) is 0.831. The molecule has 0 saturated heterocycles. The van der Waals surface area contributed by atoms with E-state index in [2.05, 4.69) is 5.16 Å². The molecular weight excluding hydrogens is 170 g/mol. The molecule has 0 aromatic rings. The number of amidine groups is 1. The molecule has 0 aliphatic heterocycles. The second-order valence-corrected chi connectivity index (χ2v) is 3.25. The molecular formula is C8H19N3O2.